The average molecular weight is 257 g/mol. The van der Waals surface area contributed by atoms with E-state index in [2.05, 4.69) is 56.4 Å². The highest BCUT2D eigenvalue weighted by Gasteiger charge is 2.51. The molecule has 0 bridgehead atoms. The van der Waals surface area contributed by atoms with Crippen molar-refractivity contribution in [3.8, 4) is 0 Å². The van der Waals surface area contributed by atoms with Crippen molar-refractivity contribution in [3.63, 3.8) is 0 Å². The fourth-order valence-corrected chi connectivity index (χ4v) is 3.41. The molecule has 0 radical (unpaired) electrons. The summed E-state index contributed by atoms with van der Waals surface area (Å²) < 4.78 is 0. The van der Waals surface area contributed by atoms with Crippen LogP contribution in [0, 0.1) is 17.3 Å². The Hall–Kier alpha value is -0.820. The van der Waals surface area contributed by atoms with Crippen LogP contribution in [0.25, 0.3) is 0 Å². The highest BCUT2D eigenvalue weighted by molar-refractivity contribution is 5.27. The summed E-state index contributed by atoms with van der Waals surface area (Å²) in [5, 5.41) is 3.77. The molecule has 3 atom stereocenters. The first-order valence-electron chi connectivity index (χ1n) is 7.89. The molecule has 104 valence electrons. The zero-order valence-electron chi connectivity index (χ0n) is 12.5. The lowest BCUT2D eigenvalue weighted by molar-refractivity contribution is 0.167. The minimum absolute atomic E-state index is 0.448. The molecule has 0 heterocycles. The Morgan fingerprint density at radius 2 is 1.89 bits per heavy atom. The molecule has 2 aliphatic rings. The summed E-state index contributed by atoms with van der Waals surface area (Å²) in [6, 6.07) is 11.9. The van der Waals surface area contributed by atoms with Crippen molar-refractivity contribution < 1.29 is 0 Å². The predicted molar refractivity (Wildman–Crippen MR) is 81.3 cm³/mol. The van der Waals surface area contributed by atoms with Crippen molar-refractivity contribution in [2.45, 2.75) is 52.0 Å². The molecular weight excluding hydrogens is 230 g/mol. The molecule has 1 heteroatoms. The zero-order valence-corrected chi connectivity index (χ0v) is 12.5. The minimum Gasteiger partial charge on any atom is -0.313 e. The maximum absolute atomic E-state index is 3.77. The third kappa shape index (κ3) is 2.72. The van der Waals surface area contributed by atoms with Gasteiger partial charge in [0, 0.05) is 12.6 Å². The smallest absolute Gasteiger partial charge is 0.00684 e. The van der Waals surface area contributed by atoms with Gasteiger partial charge in [0.05, 0.1) is 0 Å². The lowest BCUT2D eigenvalue weighted by Gasteiger charge is -2.35. The lowest BCUT2D eigenvalue weighted by Crippen LogP contribution is -2.39. The van der Waals surface area contributed by atoms with Crippen LogP contribution in [0.3, 0.4) is 0 Å². The molecule has 2 fully saturated rings. The first-order chi connectivity index (χ1) is 9.11. The van der Waals surface area contributed by atoms with Crippen molar-refractivity contribution in [1.82, 2.24) is 5.32 Å². The van der Waals surface area contributed by atoms with Crippen LogP contribution < -0.4 is 5.32 Å². The quantitative estimate of drug-likeness (QED) is 0.805. The number of nitrogens with one attached hydrogen (secondary N) is 1. The van der Waals surface area contributed by atoms with Gasteiger partial charge in [-0.25, -0.2) is 0 Å². The highest BCUT2D eigenvalue weighted by atomic mass is 15.0. The molecule has 3 rings (SSSR count). The molecule has 2 saturated carbocycles. The van der Waals surface area contributed by atoms with E-state index in [4.69, 9.17) is 0 Å². The van der Waals surface area contributed by atoms with Crippen LogP contribution in [0.5, 0.6) is 0 Å². The van der Waals surface area contributed by atoms with E-state index in [1.807, 2.05) is 0 Å². The molecule has 0 spiro atoms. The third-order valence-corrected chi connectivity index (χ3v) is 5.53. The van der Waals surface area contributed by atoms with E-state index < -0.39 is 0 Å². The maximum atomic E-state index is 3.77. The zero-order chi connectivity index (χ0) is 13.5. The Labute approximate surface area is 117 Å². The number of hydrogen-bond donors (Lipinski definition) is 1. The fraction of sp³-hybridized carbons (Fsp3) is 0.667. The maximum Gasteiger partial charge on any atom is 0.00684 e. The van der Waals surface area contributed by atoms with Crippen molar-refractivity contribution in [1.29, 1.82) is 0 Å². The molecule has 3 unspecified atom stereocenters. The van der Waals surface area contributed by atoms with E-state index in [9.17, 15) is 0 Å². The third-order valence-electron chi connectivity index (χ3n) is 5.53. The Balaban J connectivity index is 1.68. The largest absolute Gasteiger partial charge is 0.313 e. The SMILES string of the molecule is CC(C)C(C)(CNC1CC1)C1CC1c1ccccc1. The molecule has 0 aromatic heterocycles. The second-order valence-electron chi connectivity index (χ2n) is 7.18. The normalized spacial score (nSPS) is 29.3. The van der Waals surface area contributed by atoms with Crippen LogP contribution in [0.4, 0.5) is 0 Å². The Morgan fingerprint density at radius 3 is 2.47 bits per heavy atom. The average Bonchev–Trinajstić information content (AvgIpc) is 3.29. The molecule has 1 aromatic rings. The molecule has 2 aliphatic carbocycles. The first-order valence-corrected chi connectivity index (χ1v) is 7.89. The molecule has 0 amide bonds. The van der Waals surface area contributed by atoms with Crippen LogP contribution in [0.2, 0.25) is 0 Å². The van der Waals surface area contributed by atoms with Crippen molar-refractivity contribution in [3.05, 3.63) is 35.9 Å². The molecule has 0 aliphatic heterocycles. The van der Waals surface area contributed by atoms with Crippen LogP contribution in [-0.2, 0) is 0 Å². The van der Waals surface area contributed by atoms with Crippen molar-refractivity contribution in [2.24, 2.45) is 17.3 Å². The summed E-state index contributed by atoms with van der Waals surface area (Å²) in [5.74, 6) is 2.41. The monoisotopic (exact) mass is 257 g/mol. The summed E-state index contributed by atoms with van der Waals surface area (Å²) in [6.45, 7) is 8.49. The van der Waals surface area contributed by atoms with E-state index in [0.29, 0.717) is 5.41 Å². The van der Waals surface area contributed by atoms with Gasteiger partial charge < -0.3 is 5.32 Å². The number of benzene rings is 1. The molecule has 1 N–H and O–H groups in total. The molecule has 0 saturated heterocycles. The summed E-state index contributed by atoms with van der Waals surface area (Å²) in [5.41, 5.74) is 1.99. The van der Waals surface area contributed by atoms with Gasteiger partial charge in [-0.1, -0.05) is 51.1 Å². The second kappa shape index (κ2) is 4.94. The summed E-state index contributed by atoms with van der Waals surface area (Å²) in [6.07, 6.45) is 4.16. The fourth-order valence-electron chi connectivity index (χ4n) is 3.41. The topological polar surface area (TPSA) is 12.0 Å². The minimum atomic E-state index is 0.448. The Morgan fingerprint density at radius 1 is 1.21 bits per heavy atom. The van der Waals surface area contributed by atoms with Crippen LogP contribution in [0.1, 0.15) is 51.5 Å². The Bertz CT molecular complexity index is 421. The Kier molecular flexibility index (Phi) is 3.42. The molecule has 1 nitrogen and oxygen atoms in total. The van der Waals surface area contributed by atoms with Gasteiger partial charge in [-0.3, -0.25) is 0 Å². The van der Waals surface area contributed by atoms with E-state index in [0.717, 1.165) is 23.8 Å². The van der Waals surface area contributed by atoms with Gasteiger partial charge in [-0.2, -0.15) is 0 Å². The number of hydrogen-bond acceptors (Lipinski definition) is 1. The van der Waals surface area contributed by atoms with Crippen LogP contribution in [0.15, 0.2) is 30.3 Å². The second-order valence-corrected chi connectivity index (χ2v) is 7.18. The van der Waals surface area contributed by atoms with Gasteiger partial charge in [-0.15, -0.1) is 0 Å². The van der Waals surface area contributed by atoms with Crippen molar-refractivity contribution >= 4 is 0 Å². The van der Waals surface area contributed by atoms with Crippen molar-refractivity contribution in [2.75, 3.05) is 6.54 Å². The number of rotatable bonds is 6. The molecule has 1 aromatic carbocycles. The molecule has 19 heavy (non-hydrogen) atoms. The van der Waals surface area contributed by atoms with Crippen LogP contribution >= 0.6 is 0 Å². The standard InChI is InChI=1S/C18H27N/c1-13(2)18(3,12-19-15-9-10-15)17-11-16(17)14-7-5-4-6-8-14/h4-8,13,15-17,19H,9-12H2,1-3H3. The van der Waals surface area contributed by atoms with E-state index in [1.54, 1.807) is 5.56 Å². The predicted octanol–water partition coefficient (Wildman–Crippen LogP) is 4.20. The lowest BCUT2D eigenvalue weighted by atomic mass is 9.73. The van der Waals surface area contributed by atoms with Gasteiger partial charge in [-0.05, 0) is 48.0 Å². The van der Waals surface area contributed by atoms with Gasteiger partial charge in [0.15, 0.2) is 0 Å². The first kappa shape index (κ1) is 13.2. The van der Waals surface area contributed by atoms with Gasteiger partial charge >= 0.3 is 0 Å². The summed E-state index contributed by atoms with van der Waals surface area (Å²) in [4.78, 5) is 0. The van der Waals surface area contributed by atoms with E-state index in [1.165, 1.54) is 25.8 Å². The summed E-state index contributed by atoms with van der Waals surface area (Å²) >= 11 is 0. The van der Waals surface area contributed by atoms with Gasteiger partial charge in [0.25, 0.3) is 0 Å². The van der Waals surface area contributed by atoms with Gasteiger partial charge in [0.1, 0.15) is 0 Å². The molecular formula is C18H27N. The highest BCUT2D eigenvalue weighted by Crippen LogP contribution is 2.59. The van der Waals surface area contributed by atoms with E-state index in [-0.39, 0.29) is 0 Å². The summed E-state index contributed by atoms with van der Waals surface area (Å²) in [7, 11) is 0. The van der Waals surface area contributed by atoms with Gasteiger partial charge in [0.2, 0.25) is 0 Å². The van der Waals surface area contributed by atoms with E-state index >= 15 is 0 Å². The van der Waals surface area contributed by atoms with Crippen LogP contribution in [-0.4, -0.2) is 12.6 Å².